The van der Waals surface area contributed by atoms with Gasteiger partial charge in [0.1, 0.15) is 5.82 Å². The lowest BCUT2D eigenvalue weighted by Gasteiger charge is -2.14. The third kappa shape index (κ3) is 4.13. The summed E-state index contributed by atoms with van der Waals surface area (Å²) in [5, 5.41) is 0. The third-order valence-electron chi connectivity index (χ3n) is 1.26. The summed E-state index contributed by atoms with van der Waals surface area (Å²) in [6, 6.07) is 0. The van der Waals surface area contributed by atoms with Gasteiger partial charge in [-0.2, -0.15) is 0 Å². The van der Waals surface area contributed by atoms with E-state index in [-0.39, 0.29) is 0 Å². The molecule has 0 spiro atoms. The Morgan fingerprint density at radius 1 is 1.82 bits per heavy atom. The predicted octanol–water partition coefficient (Wildman–Crippen LogP) is -0.0346. The molecule has 0 radical (unpaired) electrons. The van der Waals surface area contributed by atoms with Crippen LogP contribution in [-0.2, 0) is 4.79 Å². The summed E-state index contributed by atoms with van der Waals surface area (Å²) in [5.74, 6) is -0.0260. The van der Waals surface area contributed by atoms with Gasteiger partial charge in [-0.3, -0.25) is 4.79 Å². The van der Waals surface area contributed by atoms with Crippen LogP contribution in [0, 0.1) is 0 Å². The molecule has 0 saturated heterocycles. The molecule has 1 amide bonds. The second kappa shape index (κ2) is 4.49. The first kappa shape index (κ1) is 9.68. The van der Waals surface area contributed by atoms with Crippen molar-refractivity contribution in [2.75, 3.05) is 13.6 Å². The summed E-state index contributed by atoms with van der Waals surface area (Å²) < 4.78 is 0. The Hall–Kier alpha value is -1.32. The smallest absolute Gasteiger partial charge is 0.259 e. The van der Waals surface area contributed by atoms with Gasteiger partial charge in [0.2, 0.25) is 0 Å². The van der Waals surface area contributed by atoms with Crippen LogP contribution in [0.3, 0.4) is 0 Å². The van der Waals surface area contributed by atoms with Crippen LogP contribution in [0.2, 0.25) is 0 Å². The molecule has 0 aliphatic carbocycles. The Kier molecular flexibility index (Phi) is 3.95. The van der Waals surface area contributed by atoms with E-state index in [0.29, 0.717) is 5.82 Å². The van der Waals surface area contributed by atoms with Gasteiger partial charge in [0.15, 0.2) is 0 Å². The van der Waals surface area contributed by atoms with Gasteiger partial charge < -0.3 is 10.6 Å². The first-order valence-electron chi connectivity index (χ1n) is 3.31. The fraction of sp³-hybridized carbons (Fsp3) is 0.429. The van der Waals surface area contributed by atoms with Gasteiger partial charge in [-0.1, -0.05) is 6.58 Å². The van der Waals surface area contributed by atoms with E-state index in [1.54, 1.807) is 4.90 Å². The maximum Gasteiger partial charge on any atom is 0.259 e. The maximum atomic E-state index is 10.2. The number of hydrogen-bond acceptors (Lipinski definition) is 3. The van der Waals surface area contributed by atoms with Gasteiger partial charge in [0, 0.05) is 13.6 Å². The van der Waals surface area contributed by atoms with E-state index < -0.39 is 5.91 Å². The molecule has 0 heterocycles. The largest absolute Gasteiger partial charge is 0.365 e. The van der Waals surface area contributed by atoms with Gasteiger partial charge in [0.05, 0.1) is 6.21 Å². The standard InChI is InChI=1S/C7H13N3O/c1-4-10(3)6(2)9-5-7(8)11/h5H,2,4H2,1,3H3,(H2,8,11). The van der Waals surface area contributed by atoms with Crippen LogP contribution in [0.4, 0.5) is 0 Å². The lowest BCUT2D eigenvalue weighted by Crippen LogP contribution is -2.17. The highest BCUT2D eigenvalue weighted by molar-refractivity contribution is 6.25. The van der Waals surface area contributed by atoms with Crippen molar-refractivity contribution in [3.8, 4) is 0 Å². The van der Waals surface area contributed by atoms with Crippen LogP contribution in [-0.4, -0.2) is 30.6 Å². The minimum atomic E-state index is -0.560. The molecule has 0 saturated carbocycles. The molecule has 0 bridgehead atoms. The minimum Gasteiger partial charge on any atom is -0.365 e. The van der Waals surface area contributed by atoms with Gasteiger partial charge in [-0.05, 0) is 6.92 Å². The first-order chi connectivity index (χ1) is 5.07. The van der Waals surface area contributed by atoms with Crippen molar-refractivity contribution in [3.05, 3.63) is 12.4 Å². The summed E-state index contributed by atoms with van der Waals surface area (Å²) >= 11 is 0. The number of carbonyl (C=O) groups is 1. The Bertz CT molecular complexity index is 186. The molecule has 4 heteroatoms. The minimum absolute atomic E-state index is 0.534. The van der Waals surface area contributed by atoms with E-state index in [4.69, 9.17) is 5.73 Å². The number of amides is 1. The van der Waals surface area contributed by atoms with Crippen molar-refractivity contribution < 1.29 is 4.79 Å². The van der Waals surface area contributed by atoms with Crippen molar-refractivity contribution in [2.24, 2.45) is 10.7 Å². The monoisotopic (exact) mass is 155 g/mol. The Labute approximate surface area is 66.4 Å². The third-order valence-corrected chi connectivity index (χ3v) is 1.26. The van der Waals surface area contributed by atoms with Crippen LogP contribution < -0.4 is 5.73 Å². The Morgan fingerprint density at radius 3 is 2.73 bits per heavy atom. The predicted molar refractivity (Wildman–Crippen MR) is 45.1 cm³/mol. The summed E-state index contributed by atoms with van der Waals surface area (Å²) in [6.45, 7) is 6.38. The fourth-order valence-electron chi connectivity index (χ4n) is 0.419. The van der Waals surface area contributed by atoms with Crippen molar-refractivity contribution in [2.45, 2.75) is 6.92 Å². The lowest BCUT2D eigenvalue weighted by atomic mass is 10.6. The molecule has 62 valence electrons. The van der Waals surface area contributed by atoms with Crippen LogP contribution in [0.5, 0.6) is 0 Å². The number of nitrogens with two attached hydrogens (primary N) is 1. The molecule has 0 aliphatic heterocycles. The zero-order valence-corrected chi connectivity index (χ0v) is 6.87. The van der Waals surface area contributed by atoms with Crippen molar-refractivity contribution in [1.82, 2.24) is 4.90 Å². The van der Waals surface area contributed by atoms with E-state index in [9.17, 15) is 4.79 Å². The summed E-state index contributed by atoms with van der Waals surface area (Å²) in [7, 11) is 1.83. The summed E-state index contributed by atoms with van der Waals surface area (Å²) in [6.07, 6.45) is 1.05. The van der Waals surface area contributed by atoms with Crippen LogP contribution in [0.1, 0.15) is 6.92 Å². The van der Waals surface area contributed by atoms with E-state index >= 15 is 0 Å². The molecule has 0 aromatic rings. The molecule has 0 aliphatic rings. The molecule has 0 unspecified atom stereocenters. The van der Waals surface area contributed by atoms with Gasteiger partial charge in [-0.15, -0.1) is 0 Å². The average Bonchev–Trinajstić information content (AvgIpc) is 1.98. The van der Waals surface area contributed by atoms with Gasteiger partial charge in [0.25, 0.3) is 5.91 Å². The van der Waals surface area contributed by atoms with Gasteiger partial charge in [-0.25, -0.2) is 4.99 Å². The number of hydrogen-bond donors (Lipinski definition) is 1. The lowest BCUT2D eigenvalue weighted by molar-refractivity contribution is -0.111. The van der Waals surface area contributed by atoms with Crippen molar-refractivity contribution in [1.29, 1.82) is 0 Å². The van der Waals surface area contributed by atoms with E-state index in [2.05, 4.69) is 11.6 Å². The van der Waals surface area contributed by atoms with Crippen LogP contribution in [0.15, 0.2) is 17.4 Å². The molecule has 0 fully saturated rings. The molecule has 0 atom stereocenters. The molecule has 0 rings (SSSR count). The SMILES string of the molecule is C=C(N=CC(N)=O)N(C)CC. The normalized spacial score (nSPS) is 10.0. The molecule has 4 nitrogen and oxygen atoms in total. The second-order valence-corrected chi connectivity index (χ2v) is 2.09. The molecular weight excluding hydrogens is 142 g/mol. The number of nitrogens with zero attached hydrogens (tertiary/aromatic N) is 2. The zero-order chi connectivity index (χ0) is 8.85. The Morgan fingerprint density at radius 2 is 2.36 bits per heavy atom. The average molecular weight is 155 g/mol. The highest BCUT2D eigenvalue weighted by atomic mass is 16.1. The number of primary amides is 1. The van der Waals surface area contributed by atoms with Crippen molar-refractivity contribution >= 4 is 12.1 Å². The van der Waals surface area contributed by atoms with E-state index in [1.807, 2.05) is 14.0 Å². The summed E-state index contributed by atoms with van der Waals surface area (Å²) in [5.41, 5.74) is 4.83. The molecule has 0 aromatic heterocycles. The second-order valence-electron chi connectivity index (χ2n) is 2.09. The maximum absolute atomic E-state index is 10.2. The highest BCUT2D eigenvalue weighted by Gasteiger charge is 1.94. The molecular formula is C7H13N3O. The van der Waals surface area contributed by atoms with Gasteiger partial charge >= 0.3 is 0 Å². The fourth-order valence-corrected chi connectivity index (χ4v) is 0.419. The molecule has 2 N–H and O–H groups in total. The van der Waals surface area contributed by atoms with Crippen LogP contribution in [0.25, 0.3) is 0 Å². The van der Waals surface area contributed by atoms with E-state index in [1.165, 1.54) is 0 Å². The quantitative estimate of drug-likeness (QED) is 0.579. The number of aliphatic imine (C=N–C) groups is 1. The zero-order valence-electron chi connectivity index (χ0n) is 6.87. The number of carbonyl (C=O) groups excluding carboxylic acids is 1. The molecule has 0 aromatic carbocycles. The summed E-state index contributed by atoms with van der Waals surface area (Å²) in [4.78, 5) is 15.8. The van der Waals surface area contributed by atoms with E-state index in [0.717, 1.165) is 12.8 Å². The topological polar surface area (TPSA) is 58.7 Å². The number of rotatable bonds is 4. The highest BCUT2D eigenvalue weighted by Crippen LogP contribution is 1.96. The first-order valence-corrected chi connectivity index (χ1v) is 3.31. The van der Waals surface area contributed by atoms with Crippen LogP contribution >= 0.6 is 0 Å². The molecule has 11 heavy (non-hydrogen) atoms. The van der Waals surface area contributed by atoms with Crippen molar-refractivity contribution in [3.63, 3.8) is 0 Å². The Balaban J connectivity index is 3.96.